The van der Waals surface area contributed by atoms with E-state index >= 15 is 0 Å². The van der Waals surface area contributed by atoms with Gasteiger partial charge < -0.3 is 0 Å². The number of rotatable bonds is 4. The summed E-state index contributed by atoms with van der Waals surface area (Å²) in [4.78, 5) is 0.697. The molecule has 0 saturated heterocycles. The molecule has 21 heavy (non-hydrogen) atoms. The Morgan fingerprint density at radius 2 is 1.48 bits per heavy atom. The van der Waals surface area contributed by atoms with Crippen LogP contribution in [0.1, 0.15) is 5.56 Å². The van der Waals surface area contributed by atoms with Crippen molar-refractivity contribution in [2.24, 2.45) is 4.47 Å². The third-order valence-corrected chi connectivity index (χ3v) is 5.14. The second-order valence-corrected chi connectivity index (χ2v) is 6.71. The maximum absolute atomic E-state index is 13.4. The standard InChI is InChI=1S/C15H14N4OS/c20-21(15-9-5-2-6-10-15,18-19-12-16-17-13-19)11-14-7-3-1-4-8-14/h1-10,12-13H,11H2. The zero-order valence-electron chi connectivity index (χ0n) is 11.2. The van der Waals surface area contributed by atoms with Gasteiger partial charge in [0.2, 0.25) is 0 Å². The first kappa shape index (κ1) is 13.5. The first-order valence-corrected chi connectivity index (χ1v) is 8.13. The van der Waals surface area contributed by atoms with Gasteiger partial charge in [0.05, 0.1) is 5.75 Å². The maximum Gasteiger partial charge on any atom is 0.142 e. The summed E-state index contributed by atoms with van der Waals surface area (Å²) in [6, 6.07) is 19.0. The predicted octanol–water partition coefficient (Wildman–Crippen LogP) is 2.77. The van der Waals surface area contributed by atoms with Gasteiger partial charge in [0.25, 0.3) is 0 Å². The Labute approximate surface area is 123 Å². The molecule has 1 aromatic heterocycles. The van der Waals surface area contributed by atoms with Crippen molar-refractivity contribution in [2.75, 3.05) is 0 Å². The van der Waals surface area contributed by atoms with E-state index in [0.29, 0.717) is 10.6 Å². The molecule has 0 saturated carbocycles. The smallest absolute Gasteiger partial charge is 0.142 e. The summed E-state index contributed by atoms with van der Waals surface area (Å²) in [5, 5.41) is 7.40. The van der Waals surface area contributed by atoms with Gasteiger partial charge in [-0.25, -0.2) is 4.21 Å². The SMILES string of the molecule is O=S(Cc1ccccc1)(=Nn1cnnc1)c1ccccc1. The number of hydrogen-bond acceptors (Lipinski definition) is 4. The molecule has 0 bridgehead atoms. The van der Waals surface area contributed by atoms with E-state index in [2.05, 4.69) is 14.7 Å². The van der Waals surface area contributed by atoms with Crippen molar-refractivity contribution in [2.45, 2.75) is 10.6 Å². The van der Waals surface area contributed by atoms with Gasteiger partial charge >= 0.3 is 0 Å². The van der Waals surface area contributed by atoms with Gasteiger partial charge in [-0.3, -0.25) is 0 Å². The van der Waals surface area contributed by atoms with E-state index in [-0.39, 0.29) is 0 Å². The van der Waals surface area contributed by atoms with Gasteiger partial charge in [0, 0.05) is 4.90 Å². The van der Waals surface area contributed by atoms with Crippen LogP contribution in [-0.2, 0) is 15.5 Å². The lowest BCUT2D eigenvalue weighted by atomic mass is 10.2. The second-order valence-electron chi connectivity index (χ2n) is 4.51. The van der Waals surface area contributed by atoms with Crippen LogP contribution in [0, 0.1) is 0 Å². The summed E-state index contributed by atoms with van der Waals surface area (Å²) in [6.45, 7) is 0. The number of nitrogens with zero attached hydrogens (tertiary/aromatic N) is 4. The number of hydrogen-bond donors (Lipinski definition) is 0. The normalized spacial score (nSPS) is 13.5. The summed E-state index contributed by atoms with van der Waals surface area (Å²) in [5.41, 5.74) is 0.975. The van der Waals surface area contributed by atoms with Crippen LogP contribution < -0.4 is 0 Å². The van der Waals surface area contributed by atoms with Crippen molar-refractivity contribution in [1.82, 2.24) is 14.9 Å². The summed E-state index contributed by atoms with van der Waals surface area (Å²) >= 11 is 0. The molecule has 3 aromatic rings. The molecule has 1 heterocycles. The number of benzene rings is 2. The van der Waals surface area contributed by atoms with Crippen molar-refractivity contribution in [3.05, 3.63) is 78.9 Å². The molecule has 106 valence electrons. The molecule has 5 nitrogen and oxygen atoms in total. The monoisotopic (exact) mass is 298 g/mol. The van der Waals surface area contributed by atoms with Gasteiger partial charge in [-0.05, 0) is 17.7 Å². The zero-order valence-corrected chi connectivity index (χ0v) is 12.1. The van der Waals surface area contributed by atoms with E-state index in [0.717, 1.165) is 5.56 Å². The molecule has 0 aliphatic carbocycles. The quantitative estimate of drug-likeness (QED) is 0.744. The minimum Gasteiger partial charge on any atom is -0.242 e. The zero-order chi connectivity index (χ0) is 14.5. The molecule has 0 N–H and O–H groups in total. The predicted molar refractivity (Wildman–Crippen MR) is 80.8 cm³/mol. The van der Waals surface area contributed by atoms with Gasteiger partial charge in [-0.15, -0.1) is 14.7 Å². The molecule has 2 aromatic carbocycles. The van der Waals surface area contributed by atoms with Gasteiger partial charge in [0.1, 0.15) is 22.4 Å². The Bertz CT molecular complexity index is 807. The Morgan fingerprint density at radius 1 is 0.905 bits per heavy atom. The molecule has 1 atom stereocenters. The molecule has 1 unspecified atom stereocenters. The Balaban J connectivity index is 2.10. The van der Waals surface area contributed by atoms with E-state index in [1.165, 1.54) is 17.3 Å². The maximum atomic E-state index is 13.4. The molecular formula is C15H14N4OS. The lowest BCUT2D eigenvalue weighted by Crippen LogP contribution is -2.07. The Hall–Kier alpha value is -2.47. The van der Waals surface area contributed by atoms with Crippen molar-refractivity contribution in [1.29, 1.82) is 0 Å². The summed E-state index contributed by atoms with van der Waals surface area (Å²) in [6.07, 6.45) is 2.88. The fourth-order valence-corrected chi connectivity index (χ4v) is 3.92. The average Bonchev–Trinajstić information content (AvgIpc) is 3.02. The van der Waals surface area contributed by atoms with Crippen LogP contribution >= 0.6 is 0 Å². The van der Waals surface area contributed by atoms with Crippen LogP contribution in [-0.4, -0.2) is 19.1 Å². The largest absolute Gasteiger partial charge is 0.242 e. The van der Waals surface area contributed by atoms with E-state index in [1.54, 1.807) is 0 Å². The van der Waals surface area contributed by atoms with E-state index in [4.69, 9.17) is 0 Å². The molecule has 6 heteroatoms. The first-order chi connectivity index (χ1) is 10.3. The Kier molecular flexibility index (Phi) is 3.79. The Morgan fingerprint density at radius 3 is 2.10 bits per heavy atom. The van der Waals surface area contributed by atoms with Crippen LogP contribution in [0.25, 0.3) is 0 Å². The highest BCUT2D eigenvalue weighted by atomic mass is 32.2. The molecule has 0 amide bonds. The molecule has 0 aliphatic rings. The molecule has 0 fully saturated rings. The highest BCUT2D eigenvalue weighted by Gasteiger charge is 2.14. The van der Waals surface area contributed by atoms with Gasteiger partial charge in [-0.1, -0.05) is 48.5 Å². The third-order valence-electron chi connectivity index (χ3n) is 2.95. The summed E-state index contributed by atoms with van der Waals surface area (Å²) in [5.74, 6) is 0.343. The average molecular weight is 298 g/mol. The third kappa shape index (κ3) is 3.17. The van der Waals surface area contributed by atoms with Crippen LogP contribution in [0.15, 0.2) is 82.7 Å². The fourth-order valence-electron chi connectivity index (χ4n) is 1.98. The molecule has 3 rings (SSSR count). The summed E-state index contributed by atoms with van der Waals surface area (Å²) < 4.78 is 19.1. The fraction of sp³-hybridized carbons (Fsp3) is 0.0667. The van der Waals surface area contributed by atoms with Crippen molar-refractivity contribution in [3.8, 4) is 0 Å². The lowest BCUT2D eigenvalue weighted by Gasteiger charge is -2.10. The minimum atomic E-state index is -2.64. The van der Waals surface area contributed by atoms with Crippen molar-refractivity contribution < 1.29 is 4.21 Å². The highest BCUT2D eigenvalue weighted by Crippen LogP contribution is 2.19. The van der Waals surface area contributed by atoms with Gasteiger partial charge in [-0.2, -0.15) is 4.68 Å². The number of aromatic nitrogens is 3. The van der Waals surface area contributed by atoms with Crippen LogP contribution in [0.4, 0.5) is 0 Å². The second kappa shape index (κ2) is 5.88. The van der Waals surface area contributed by atoms with Crippen LogP contribution in [0.3, 0.4) is 0 Å². The molecule has 0 aliphatic heterocycles. The first-order valence-electron chi connectivity index (χ1n) is 6.45. The highest BCUT2D eigenvalue weighted by molar-refractivity contribution is 7.92. The summed E-state index contributed by atoms with van der Waals surface area (Å²) in [7, 11) is -2.64. The van der Waals surface area contributed by atoms with Crippen molar-refractivity contribution in [3.63, 3.8) is 0 Å². The lowest BCUT2D eigenvalue weighted by molar-refractivity contribution is 0.669. The van der Waals surface area contributed by atoms with E-state index in [1.807, 2.05) is 60.7 Å². The topological polar surface area (TPSA) is 60.1 Å². The van der Waals surface area contributed by atoms with E-state index in [9.17, 15) is 4.21 Å². The van der Waals surface area contributed by atoms with E-state index < -0.39 is 9.73 Å². The molecule has 0 radical (unpaired) electrons. The van der Waals surface area contributed by atoms with Crippen LogP contribution in [0.5, 0.6) is 0 Å². The molecule has 0 spiro atoms. The van der Waals surface area contributed by atoms with Crippen LogP contribution in [0.2, 0.25) is 0 Å². The minimum absolute atomic E-state index is 0.343. The molecular weight excluding hydrogens is 284 g/mol. The van der Waals surface area contributed by atoms with Gasteiger partial charge in [0.15, 0.2) is 0 Å². The van der Waals surface area contributed by atoms with Crippen molar-refractivity contribution >= 4 is 9.73 Å².